The van der Waals surface area contributed by atoms with Crippen molar-refractivity contribution in [2.45, 2.75) is 32.9 Å². The van der Waals surface area contributed by atoms with Crippen molar-refractivity contribution in [2.75, 3.05) is 33.3 Å². The van der Waals surface area contributed by atoms with E-state index < -0.39 is 0 Å². The van der Waals surface area contributed by atoms with E-state index in [4.69, 9.17) is 9.47 Å². The van der Waals surface area contributed by atoms with Crippen LogP contribution in [0.15, 0.2) is 48.5 Å². The van der Waals surface area contributed by atoms with Crippen LogP contribution >= 0.6 is 0 Å². The summed E-state index contributed by atoms with van der Waals surface area (Å²) in [5.41, 5.74) is 2.47. The summed E-state index contributed by atoms with van der Waals surface area (Å²) in [6, 6.07) is 17.1. The maximum atomic E-state index is 6.03. The number of benzene rings is 2. The summed E-state index contributed by atoms with van der Waals surface area (Å²) in [6.07, 6.45) is 1.15. The van der Waals surface area contributed by atoms with Crippen LogP contribution in [-0.2, 0) is 6.61 Å². The predicted octanol–water partition coefficient (Wildman–Crippen LogP) is 4.27. The van der Waals surface area contributed by atoms with Gasteiger partial charge in [-0.2, -0.15) is 0 Å². The molecular formula is C23H32N2O2. The van der Waals surface area contributed by atoms with E-state index in [9.17, 15) is 0 Å². The largest absolute Gasteiger partial charge is 0.493 e. The van der Waals surface area contributed by atoms with Crippen LogP contribution < -0.4 is 14.8 Å². The van der Waals surface area contributed by atoms with Gasteiger partial charge in [0.15, 0.2) is 11.5 Å². The van der Waals surface area contributed by atoms with Crippen molar-refractivity contribution in [3.8, 4) is 11.5 Å². The Morgan fingerprint density at radius 2 is 1.74 bits per heavy atom. The van der Waals surface area contributed by atoms with E-state index in [1.54, 1.807) is 7.11 Å². The molecule has 146 valence electrons. The average molecular weight is 369 g/mol. The van der Waals surface area contributed by atoms with Crippen LogP contribution in [0.5, 0.6) is 11.5 Å². The lowest BCUT2D eigenvalue weighted by atomic mass is 9.94. The van der Waals surface area contributed by atoms with Gasteiger partial charge in [-0.05, 0) is 35.6 Å². The second kappa shape index (κ2) is 9.77. The summed E-state index contributed by atoms with van der Waals surface area (Å²) in [6.45, 7) is 9.43. The van der Waals surface area contributed by atoms with Crippen LogP contribution in [0.2, 0.25) is 0 Å². The van der Waals surface area contributed by atoms with E-state index in [0.717, 1.165) is 49.7 Å². The second-order valence-electron chi connectivity index (χ2n) is 7.62. The van der Waals surface area contributed by atoms with Gasteiger partial charge in [-0.15, -0.1) is 0 Å². The van der Waals surface area contributed by atoms with Crippen LogP contribution in [-0.4, -0.2) is 38.2 Å². The van der Waals surface area contributed by atoms with Crippen LogP contribution in [0.25, 0.3) is 0 Å². The molecule has 0 unspecified atom stereocenters. The summed E-state index contributed by atoms with van der Waals surface area (Å²) in [7, 11) is 1.72. The first-order valence-corrected chi connectivity index (χ1v) is 9.97. The monoisotopic (exact) mass is 368 g/mol. The zero-order chi connectivity index (χ0) is 19.1. The minimum Gasteiger partial charge on any atom is -0.493 e. The fourth-order valence-corrected chi connectivity index (χ4v) is 3.68. The minimum absolute atomic E-state index is 0.421. The Kier molecular flexibility index (Phi) is 7.13. The van der Waals surface area contributed by atoms with E-state index in [1.807, 2.05) is 18.2 Å². The lowest BCUT2D eigenvalue weighted by Crippen LogP contribution is -2.45. The third-order valence-corrected chi connectivity index (χ3v) is 5.10. The summed E-state index contributed by atoms with van der Waals surface area (Å²) in [4.78, 5) is 2.59. The lowest BCUT2D eigenvalue weighted by Gasteiger charge is -2.36. The van der Waals surface area contributed by atoms with Gasteiger partial charge in [0.05, 0.1) is 7.11 Å². The van der Waals surface area contributed by atoms with Crippen molar-refractivity contribution in [1.29, 1.82) is 0 Å². The Morgan fingerprint density at radius 3 is 2.41 bits per heavy atom. The zero-order valence-electron chi connectivity index (χ0n) is 16.8. The first-order chi connectivity index (χ1) is 13.2. The normalized spacial score (nSPS) is 16.3. The van der Waals surface area contributed by atoms with E-state index in [0.29, 0.717) is 18.6 Å². The summed E-state index contributed by atoms with van der Waals surface area (Å²) >= 11 is 0. The highest BCUT2D eigenvalue weighted by atomic mass is 16.5. The molecule has 4 nitrogen and oxygen atoms in total. The Labute approximate surface area is 163 Å². The molecule has 0 spiro atoms. The minimum atomic E-state index is 0.421. The van der Waals surface area contributed by atoms with Crippen LogP contribution in [0, 0.1) is 5.92 Å². The Hall–Kier alpha value is -2.04. The molecule has 1 N–H and O–H groups in total. The van der Waals surface area contributed by atoms with Crippen molar-refractivity contribution < 1.29 is 9.47 Å². The average Bonchev–Trinajstić information content (AvgIpc) is 2.71. The fraction of sp³-hybridized carbons (Fsp3) is 0.478. The molecule has 0 aliphatic carbocycles. The van der Waals surface area contributed by atoms with Gasteiger partial charge < -0.3 is 14.8 Å². The number of rotatable bonds is 8. The predicted molar refractivity (Wildman–Crippen MR) is 110 cm³/mol. The summed E-state index contributed by atoms with van der Waals surface area (Å²) in [5.74, 6) is 2.26. The molecule has 1 heterocycles. The molecule has 1 atom stereocenters. The SMILES string of the molecule is COc1cc([C@H](CC(C)C)N2CCNCC2)ccc1OCc1ccccc1. The molecule has 0 saturated carbocycles. The number of hydrogen-bond acceptors (Lipinski definition) is 4. The number of piperazine rings is 1. The number of ether oxygens (including phenoxy) is 2. The van der Waals surface area contributed by atoms with Gasteiger partial charge in [-0.3, -0.25) is 4.90 Å². The van der Waals surface area contributed by atoms with E-state index in [2.05, 4.69) is 54.4 Å². The van der Waals surface area contributed by atoms with Crippen molar-refractivity contribution in [2.24, 2.45) is 5.92 Å². The van der Waals surface area contributed by atoms with Crippen molar-refractivity contribution >= 4 is 0 Å². The molecule has 1 aliphatic heterocycles. The molecule has 2 aromatic carbocycles. The van der Waals surface area contributed by atoms with Crippen molar-refractivity contribution in [3.63, 3.8) is 0 Å². The quantitative estimate of drug-likeness (QED) is 0.755. The topological polar surface area (TPSA) is 33.7 Å². The molecule has 1 fully saturated rings. The van der Waals surface area contributed by atoms with Crippen LogP contribution in [0.3, 0.4) is 0 Å². The molecular weight excluding hydrogens is 336 g/mol. The Balaban J connectivity index is 1.77. The number of nitrogens with zero attached hydrogens (tertiary/aromatic N) is 1. The standard InChI is InChI=1S/C23H32N2O2/c1-18(2)15-21(25-13-11-24-12-14-25)20-9-10-22(23(16-20)26-3)27-17-19-7-5-4-6-8-19/h4-10,16,18,21,24H,11-15,17H2,1-3H3/t21-/m0/s1. The van der Waals surface area contributed by atoms with Gasteiger partial charge in [-0.1, -0.05) is 50.2 Å². The maximum absolute atomic E-state index is 6.03. The molecule has 3 rings (SSSR count). The molecule has 27 heavy (non-hydrogen) atoms. The molecule has 0 amide bonds. The van der Waals surface area contributed by atoms with Gasteiger partial charge in [0.2, 0.25) is 0 Å². The number of nitrogens with one attached hydrogen (secondary N) is 1. The highest BCUT2D eigenvalue weighted by Gasteiger charge is 2.24. The fourth-order valence-electron chi connectivity index (χ4n) is 3.68. The summed E-state index contributed by atoms with van der Waals surface area (Å²) in [5, 5.41) is 3.45. The second-order valence-corrected chi connectivity index (χ2v) is 7.62. The highest BCUT2D eigenvalue weighted by Crippen LogP contribution is 2.35. The highest BCUT2D eigenvalue weighted by molar-refractivity contribution is 5.44. The van der Waals surface area contributed by atoms with E-state index in [-0.39, 0.29) is 0 Å². The van der Waals surface area contributed by atoms with Gasteiger partial charge in [0.25, 0.3) is 0 Å². The third kappa shape index (κ3) is 5.47. The van der Waals surface area contributed by atoms with Crippen molar-refractivity contribution in [1.82, 2.24) is 10.2 Å². The van der Waals surface area contributed by atoms with Gasteiger partial charge >= 0.3 is 0 Å². The lowest BCUT2D eigenvalue weighted by molar-refractivity contribution is 0.153. The van der Waals surface area contributed by atoms with Crippen LogP contribution in [0.4, 0.5) is 0 Å². The molecule has 0 radical (unpaired) electrons. The zero-order valence-corrected chi connectivity index (χ0v) is 16.8. The number of hydrogen-bond donors (Lipinski definition) is 1. The molecule has 1 saturated heterocycles. The van der Waals surface area contributed by atoms with Gasteiger partial charge in [0.1, 0.15) is 6.61 Å². The van der Waals surface area contributed by atoms with E-state index in [1.165, 1.54) is 5.56 Å². The molecule has 1 aliphatic rings. The molecule has 0 bridgehead atoms. The van der Waals surface area contributed by atoms with Gasteiger partial charge in [-0.25, -0.2) is 0 Å². The maximum Gasteiger partial charge on any atom is 0.161 e. The van der Waals surface area contributed by atoms with E-state index >= 15 is 0 Å². The smallest absolute Gasteiger partial charge is 0.161 e. The first-order valence-electron chi connectivity index (χ1n) is 9.97. The van der Waals surface area contributed by atoms with Gasteiger partial charge in [0, 0.05) is 32.2 Å². The molecule has 4 heteroatoms. The number of methoxy groups -OCH3 is 1. The first kappa shape index (κ1) is 19.7. The Morgan fingerprint density at radius 1 is 1.00 bits per heavy atom. The van der Waals surface area contributed by atoms with Crippen molar-refractivity contribution in [3.05, 3.63) is 59.7 Å². The summed E-state index contributed by atoms with van der Waals surface area (Å²) < 4.78 is 11.7. The van der Waals surface area contributed by atoms with Crippen LogP contribution in [0.1, 0.15) is 37.4 Å². The molecule has 2 aromatic rings. The molecule has 0 aromatic heterocycles. The Bertz CT molecular complexity index is 697. The third-order valence-electron chi connectivity index (χ3n) is 5.10.